The van der Waals surface area contributed by atoms with Crippen molar-refractivity contribution in [3.63, 3.8) is 0 Å². The Morgan fingerprint density at radius 2 is 2.31 bits per heavy atom. The number of benzene rings is 1. The number of nitro benzene ring substituents is 1. The van der Waals surface area contributed by atoms with Gasteiger partial charge in [-0.15, -0.1) is 10.2 Å². The Kier molecular flexibility index (Phi) is 2.82. The lowest BCUT2D eigenvalue weighted by molar-refractivity contribution is -0.385. The van der Waals surface area contributed by atoms with Crippen LogP contribution in [0.3, 0.4) is 0 Å². The number of nitro groups is 1. The van der Waals surface area contributed by atoms with Gasteiger partial charge in [0.2, 0.25) is 12.3 Å². The lowest BCUT2D eigenvalue weighted by atomic mass is 10.1. The maximum absolute atomic E-state index is 10.8. The lowest BCUT2D eigenvalue weighted by Gasteiger charge is -2.00. The first-order valence-electron chi connectivity index (χ1n) is 4.34. The molecule has 6 nitrogen and oxygen atoms in total. The summed E-state index contributed by atoms with van der Waals surface area (Å²) in [5, 5.41) is 18.3. The first-order chi connectivity index (χ1) is 7.66. The van der Waals surface area contributed by atoms with Crippen LogP contribution in [0.1, 0.15) is 11.5 Å². The summed E-state index contributed by atoms with van der Waals surface area (Å²) in [6.07, 6.45) is 1.39. The predicted molar refractivity (Wildman–Crippen MR) is 55.2 cm³/mol. The molecule has 0 amide bonds. The van der Waals surface area contributed by atoms with Crippen molar-refractivity contribution >= 4 is 17.3 Å². The van der Waals surface area contributed by atoms with Crippen LogP contribution in [0.25, 0.3) is 0 Å². The van der Waals surface area contributed by atoms with Crippen molar-refractivity contribution in [2.45, 2.75) is 6.42 Å². The molecule has 1 heterocycles. The monoisotopic (exact) mass is 239 g/mol. The predicted octanol–water partition coefficient (Wildman–Crippen LogP) is 2.22. The topological polar surface area (TPSA) is 82.1 Å². The van der Waals surface area contributed by atoms with Gasteiger partial charge < -0.3 is 4.42 Å². The SMILES string of the molecule is O=[N+]([O-])c1cc(Cl)ccc1Cc1nnco1. The fraction of sp³-hybridized carbons (Fsp3) is 0.111. The largest absolute Gasteiger partial charge is 0.428 e. The van der Waals surface area contributed by atoms with Crippen molar-refractivity contribution in [1.82, 2.24) is 10.2 Å². The van der Waals surface area contributed by atoms with Gasteiger partial charge in [-0.25, -0.2) is 0 Å². The second kappa shape index (κ2) is 4.28. The van der Waals surface area contributed by atoms with E-state index in [0.717, 1.165) is 0 Å². The molecule has 1 aromatic carbocycles. The highest BCUT2D eigenvalue weighted by Gasteiger charge is 2.16. The standard InChI is InChI=1S/C9H6ClN3O3/c10-7-2-1-6(8(4-7)13(14)15)3-9-12-11-5-16-9/h1-2,4-5H,3H2. The summed E-state index contributed by atoms with van der Waals surface area (Å²) >= 11 is 5.69. The van der Waals surface area contributed by atoms with Crippen molar-refractivity contribution < 1.29 is 9.34 Å². The van der Waals surface area contributed by atoms with E-state index in [1.54, 1.807) is 12.1 Å². The zero-order valence-corrected chi connectivity index (χ0v) is 8.72. The molecule has 0 N–H and O–H groups in total. The van der Waals surface area contributed by atoms with E-state index in [2.05, 4.69) is 10.2 Å². The fourth-order valence-electron chi connectivity index (χ4n) is 1.29. The van der Waals surface area contributed by atoms with Crippen molar-refractivity contribution in [2.75, 3.05) is 0 Å². The Hall–Kier alpha value is -1.95. The second-order valence-electron chi connectivity index (χ2n) is 3.04. The van der Waals surface area contributed by atoms with Gasteiger partial charge in [0.15, 0.2) is 0 Å². The zero-order chi connectivity index (χ0) is 11.5. The van der Waals surface area contributed by atoms with Gasteiger partial charge in [0.05, 0.1) is 11.3 Å². The molecule has 0 aliphatic rings. The third-order valence-electron chi connectivity index (χ3n) is 1.99. The first kappa shape index (κ1) is 10.6. The Labute approximate surface area is 95.0 Å². The average Bonchev–Trinajstić information content (AvgIpc) is 2.73. The number of hydrogen-bond acceptors (Lipinski definition) is 5. The number of rotatable bonds is 3. The van der Waals surface area contributed by atoms with Gasteiger partial charge in [-0.1, -0.05) is 17.7 Å². The Morgan fingerprint density at radius 3 is 2.94 bits per heavy atom. The highest BCUT2D eigenvalue weighted by atomic mass is 35.5. The summed E-state index contributed by atoms with van der Waals surface area (Å²) in [6, 6.07) is 4.46. The van der Waals surface area contributed by atoms with Crippen molar-refractivity contribution in [3.8, 4) is 0 Å². The average molecular weight is 240 g/mol. The summed E-state index contributed by atoms with van der Waals surface area (Å²) in [4.78, 5) is 10.3. The molecule has 2 rings (SSSR count). The molecule has 16 heavy (non-hydrogen) atoms. The third kappa shape index (κ3) is 2.17. The summed E-state index contributed by atoms with van der Waals surface area (Å²) in [5.74, 6) is 0.324. The van der Waals surface area contributed by atoms with Crippen LogP contribution in [-0.4, -0.2) is 15.1 Å². The van der Waals surface area contributed by atoms with Crippen LogP contribution in [0, 0.1) is 10.1 Å². The zero-order valence-electron chi connectivity index (χ0n) is 7.96. The molecule has 0 spiro atoms. The van der Waals surface area contributed by atoms with Crippen LogP contribution in [0.2, 0.25) is 5.02 Å². The molecule has 0 saturated carbocycles. The Balaban J connectivity index is 2.36. The minimum absolute atomic E-state index is 0.0503. The summed E-state index contributed by atoms with van der Waals surface area (Å²) in [7, 11) is 0. The van der Waals surface area contributed by atoms with Crippen molar-refractivity contribution in [1.29, 1.82) is 0 Å². The van der Waals surface area contributed by atoms with Crippen LogP contribution >= 0.6 is 11.6 Å². The van der Waals surface area contributed by atoms with Crippen LogP contribution in [0.5, 0.6) is 0 Å². The van der Waals surface area contributed by atoms with E-state index in [4.69, 9.17) is 16.0 Å². The smallest absolute Gasteiger partial charge is 0.274 e. The van der Waals surface area contributed by atoms with Crippen LogP contribution in [0.4, 0.5) is 5.69 Å². The van der Waals surface area contributed by atoms with E-state index < -0.39 is 4.92 Å². The molecule has 0 aliphatic carbocycles. The number of hydrogen-bond donors (Lipinski definition) is 0. The Bertz CT molecular complexity index is 513. The van der Waals surface area contributed by atoms with Crippen LogP contribution < -0.4 is 0 Å². The van der Waals surface area contributed by atoms with E-state index in [1.807, 2.05) is 0 Å². The van der Waals surface area contributed by atoms with Gasteiger partial charge in [-0.3, -0.25) is 10.1 Å². The minimum atomic E-state index is -0.489. The number of nitrogens with zero attached hydrogens (tertiary/aromatic N) is 3. The van der Waals surface area contributed by atoms with Gasteiger partial charge in [0.1, 0.15) is 0 Å². The van der Waals surface area contributed by atoms with Crippen molar-refractivity contribution in [3.05, 3.63) is 51.2 Å². The van der Waals surface area contributed by atoms with Gasteiger partial charge in [-0.2, -0.15) is 0 Å². The highest BCUT2D eigenvalue weighted by Crippen LogP contribution is 2.24. The maximum Gasteiger partial charge on any atom is 0.274 e. The first-order valence-corrected chi connectivity index (χ1v) is 4.72. The van der Waals surface area contributed by atoms with E-state index in [9.17, 15) is 10.1 Å². The van der Waals surface area contributed by atoms with Gasteiger partial charge in [0, 0.05) is 16.7 Å². The Morgan fingerprint density at radius 1 is 1.50 bits per heavy atom. The van der Waals surface area contributed by atoms with Crippen LogP contribution in [-0.2, 0) is 6.42 Å². The van der Waals surface area contributed by atoms with E-state index in [-0.39, 0.29) is 12.1 Å². The molecule has 0 saturated heterocycles. The molecule has 2 aromatic rings. The third-order valence-corrected chi connectivity index (χ3v) is 2.23. The normalized spacial score (nSPS) is 10.3. The van der Waals surface area contributed by atoms with E-state index in [0.29, 0.717) is 16.5 Å². The van der Waals surface area contributed by atoms with Gasteiger partial charge in [-0.05, 0) is 6.07 Å². The molecule has 0 aliphatic heterocycles. The molecular formula is C9H6ClN3O3. The molecule has 0 fully saturated rings. The molecule has 0 unspecified atom stereocenters. The summed E-state index contributed by atoms with van der Waals surface area (Å²) in [5.41, 5.74) is 0.435. The van der Waals surface area contributed by atoms with E-state index in [1.165, 1.54) is 12.5 Å². The number of halogens is 1. The summed E-state index contributed by atoms with van der Waals surface area (Å²) in [6.45, 7) is 0. The van der Waals surface area contributed by atoms with E-state index >= 15 is 0 Å². The molecule has 0 radical (unpaired) electrons. The maximum atomic E-state index is 10.8. The van der Waals surface area contributed by atoms with Crippen LogP contribution in [0.15, 0.2) is 29.0 Å². The van der Waals surface area contributed by atoms with Gasteiger partial charge >= 0.3 is 0 Å². The van der Waals surface area contributed by atoms with Crippen molar-refractivity contribution in [2.24, 2.45) is 0 Å². The summed E-state index contributed by atoms with van der Waals surface area (Å²) < 4.78 is 4.92. The molecule has 0 atom stereocenters. The molecule has 1 aromatic heterocycles. The molecule has 82 valence electrons. The van der Waals surface area contributed by atoms with Gasteiger partial charge in [0.25, 0.3) is 5.69 Å². The number of aromatic nitrogens is 2. The fourth-order valence-corrected chi connectivity index (χ4v) is 1.46. The lowest BCUT2D eigenvalue weighted by Crippen LogP contribution is -1.97. The molecule has 0 bridgehead atoms. The second-order valence-corrected chi connectivity index (χ2v) is 3.48. The minimum Gasteiger partial charge on any atom is -0.428 e. The highest BCUT2D eigenvalue weighted by molar-refractivity contribution is 6.30. The molecular weight excluding hydrogens is 234 g/mol. The molecule has 7 heteroatoms. The quantitative estimate of drug-likeness (QED) is 0.606.